The predicted octanol–water partition coefficient (Wildman–Crippen LogP) is 1.84. The number of benzene rings is 1. The van der Waals surface area contributed by atoms with Crippen molar-refractivity contribution >= 4 is 12.0 Å². The van der Waals surface area contributed by atoms with Crippen LogP contribution in [0.3, 0.4) is 0 Å². The highest BCUT2D eigenvalue weighted by Crippen LogP contribution is 2.24. The largest absolute Gasteiger partial charge is 0.497 e. The first kappa shape index (κ1) is 18.6. The van der Waals surface area contributed by atoms with Crippen LogP contribution in [0.1, 0.15) is 26.3 Å². The maximum absolute atomic E-state index is 11.8. The molecule has 7 heteroatoms. The smallest absolute Gasteiger partial charge is 0.408 e. The summed E-state index contributed by atoms with van der Waals surface area (Å²) >= 11 is 0. The summed E-state index contributed by atoms with van der Waals surface area (Å²) in [7, 11) is 3.11. The lowest BCUT2D eigenvalue weighted by atomic mass is 10.2. The lowest BCUT2D eigenvalue weighted by Crippen LogP contribution is -2.39. The third kappa shape index (κ3) is 6.90. The second-order valence-electron chi connectivity index (χ2n) is 5.81. The molecule has 0 spiro atoms. The lowest BCUT2D eigenvalue weighted by Gasteiger charge is -2.19. The zero-order valence-electron chi connectivity index (χ0n) is 14.2. The highest BCUT2D eigenvalue weighted by atomic mass is 16.6. The van der Waals surface area contributed by atoms with Gasteiger partial charge in [0.15, 0.2) is 0 Å². The van der Waals surface area contributed by atoms with E-state index in [1.165, 1.54) is 0 Å². The Morgan fingerprint density at radius 1 is 1.09 bits per heavy atom. The van der Waals surface area contributed by atoms with Gasteiger partial charge in [0.1, 0.15) is 23.6 Å². The topological polar surface area (TPSA) is 85.9 Å². The Labute approximate surface area is 136 Å². The van der Waals surface area contributed by atoms with Crippen molar-refractivity contribution in [3.05, 3.63) is 23.8 Å². The van der Waals surface area contributed by atoms with Crippen molar-refractivity contribution in [2.24, 2.45) is 0 Å². The molecule has 1 rings (SSSR count). The van der Waals surface area contributed by atoms with Crippen LogP contribution in [-0.4, -0.2) is 38.4 Å². The zero-order chi connectivity index (χ0) is 17.5. The number of alkyl carbamates (subject to hydrolysis) is 1. The molecule has 1 aromatic carbocycles. The molecule has 0 bridgehead atoms. The van der Waals surface area contributed by atoms with Crippen LogP contribution in [0.2, 0.25) is 0 Å². The Morgan fingerprint density at radius 3 is 2.35 bits per heavy atom. The van der Waals surface area contributed by atoms with Crippen molar-refractivity contribution in [3.63, 3.8) is 0 Å². The van der Waals surface area contributed by atoms with Crippen LogP contribution in [-0.2, 0) is 16.1 Å². The summed E-state index contributed by atoms with van der Waals surface area (Å²) in [6, 6.07) is 5.32. The van der Waals surface area contributed by atoms with Gasteiger partial charge in [0.05, 0.1) is 14.2 Å². The maximum Gasteiger partial charge on any atom is 0.408 e. The molecule has 0 saturated heterocycles. The molecule has 0 aliphatic heterocycles. The fourth-order valence-electron chi connectivity index (χ4n) is 1.72. The van der Waals surface area contributed by atoms with Crippen molar-refractivity contribution in [1.82, 2.24) is 10.6 Å². The predicted molar refractivity (Wildman–Crippen MR) is 85.6 cm³/mol. The van der Waals surface area contributed by atoms with Crippen LogP contribution in [0, 0.1) is 0 Å². The van der Waals surface area contributed by atoms with Crippen molar-refractivity contribution in [2.75, 3.05) is 20.8 Å². The van der Waals surface area contributed by atoms with Gasteiger partial charge < -0.3 is 24.8 Å². The summed E-state index contributed by atoms with van der Waals surface area (Å²) in [6.45, 7) is 5.38. The van der Waals surface area contributed by atoms with Gasteiger partial charge in [0.25, 0.3) is 0 Å². The minimum Gasteiger partial charge on any atom is -0.497 e. The van der Waals surface area contributed by atoms with Crippen molar-refractivity contribution in [1.29, 1.82) is 0 Å². The fraction of sp³-hybridized carbons (Fsp3) is 0.500. The summed E-state index contributed by atoms with van der Waals surface area (Å²) in [4.78, 5) is 23.2. The van der Waals surface area contributed by atoms with E-state index in [-0.39, 0.29) is 19.0 Å². The van der Waals surface area contributed by atoms with Gasteiger partial charge in [-0.3, -0.25) is 4.79 Å². The van der Waals surface area contributed by atoms with Gasteiger partial charge in [-0.05, 0) is 32.9 Å². The van der Waals surface area contributed by atoms with Gasteiger partial charge in [-0.25, -0.2) is 4.79 Å². The molecule has 2 amide bonds. The molecular formula is C16H24N2O5. The van der Waals surface area contributed by atoms with Crippen molar-refractivity contribution < 1.29 is 23.8 Å². The molecule has 2 N–H and O–H groups in total. The molecule has 0 aliphatic carbocycles. The van der Waals surface area contributed by atoms with E-state index in [9.17, 15) is 9.59 Å². The first-order valence-electron chi connectivity index (χ1n) is 7.19. The third-order valence-corrected chi connectivity index (χ3v) is 2.76. The van der Waals surface area contributed by atoms with Crippen LogP contribution in [0.5, 0.6) is 11.5 Å². The van der Waals surface area contributed by atoms with Gasteiger partial charge in [-0.1, -0.05) is 0 Å². The molecular weight excluding hydrogens is 300 g/mol. The monoisotopic (exact) mass is 324 g/mol. The Balaban J connectivity index is 2.46. The molecule has 7 nitrogen and oxygen atoms in total. The van der Waals surface area contributed by atoms with E-state index in [4.69, 9.17) is 14.2 Å². The molecule has 0 atom stereocenters. The molecule has 128 valence electrons. The van der Waals surface area contributed by atoms with E-state index in [1.54, 1.807) is 53.2 Å². The summed E-state index contributed by atoms with van der Waals surface area (Å²) in [5, 5.41) is 5.10. The third-order valence-electron chi connectivity index (χ3n) is 2.76. The molecule has 0 unspecified atom stereocenters. The number of carbonyl (C=O) groups excluding carboxylic acids is 2. The van der Waals surface area contributed by atoms with Gasteiger partial charge >= 0.3 is 6.09 Å². The van der Waals surface area contributed by atoms with Crippen molar-refractivity contribution in [3.8, 4) is 11.5 Å². The number of ether oxygens (including phenoxy) is 3. The van der Waals surface area contributed by atoms with Gasteiger partial charge in [0, 0.05) is 18.2 Å². The van der Waals surface area contributed by atoms with E-state index >= 15 is 0 Å². The SMILES string of the molecule is COc1ccc(CNC(=O)CNC(=O)OC(C)(C)C)c(OC)c1. The van der Waals surface area contributed by atoms with Crippen LogP contribution in [0.25, 0.3) is 0 Å². The number of carbonyl (C=O) groups is 2. The second kappa shape index (κ2) is 8.26. The highest BCUT2D eigenvalue weighted by Gasteiger charge is 2.16. The lowest BCUT2D eigenvalue weighted by molar-refractivity contribution is -0.120. The van der Waals surface area contributed by atoms with E-state index in [2.05, 4.69) is 10.6 Å². The summed E-state index contributed by atoms with van der Waals surface area (Å²) in [5.41, 5.74) is 0.204. The first-order valence-corrected chi connectivity index (χ1v) is 7.19. The Hall–Kier alpha value is -2.44. The number of rotatable bonds is 6. The Morgan fingerprint density at radius 2 is 1.78 bits per heavy atom. The molecule has 0 saturated carbocycles. The van der Waals surface area contributed by atoms with Crippen LogP contribution in [0.15, 0.2) is 18.2 Å². The number of nitrogens with one attached hydrogen (secondary N) is 2. The minimum atomic E-state index is -0.630. The average molecular weight is 324 g/mol. The summed E-state index contributed by atoms with van der Waals surface area (Å²) in [6.07, 6.45) is -0.630. The fourth-order valence-corrected chi connectivity index (χ4v) is 1.72. The summed E-state index contributed by atoms with van der Waals surface area (Å²) < 4.78 is 15.4. The molecule has 0 aromatic heterocycles. The highest BCUT2D eigenvalue weighted by molar-refractivity contribution is 5.82. The maximum atomic E-state index is 11.8. The average Bonchev–Trinajstić information content (AvgIpc) is 2.49. The quantitative estimate of drug-likeness (QED) is 0.834. The molecule has 0 fully saturated rings. The number of methoxy groups -OCH3 is 2. The summed E-state index contributed by atoms with van der Waals surface area (Å²) in [5.74, 6) is 0.960. The number of hydrogen-bond acceptors (Lipinski definition) is 5. The van der Waals surface area contributed by atoms with Gasteiger partial charge in [0.2, 0.25) is 5.91 Å². The van der Waals surface area contributed by atoms with E-state index < -0.39 is 11.7 Å². The first-order chi connectivity index (χ1) is 10.7. The standard InChI is InChI=1S/C16H24N2O5/c1-16(2,3)23-15(20)18-10-14(19)17-9-11-6-7-12(21-4)8-13(11)22-5/h6-8H,9-10H2,1-5H3,(H,17,19)(H,18,20). The molecule has 0 heterocycles. The van der Waals surface area contributed by atoms with Crippen LogP contribution >= 0.6 is 0 Å². The molecule has 0 radical (unpaired) electrons. The number of hydrogen-bond donors (Lipinski definition) is 2. The zero-order valence-corrected chi connectivity index (χ0v) is 14.2. The van der Waals surface area contributed by atoms with Crippen molar-refractivity contribution in [2.45, 2.75) is 32.9 Å². The Bertz CT molecular complexity index is 552. The van der Waals surface area contributed by atoms with Gasteiger partial charge in [-0.2, -0.15) is 0 Å². The van der Waals surface area contributed by atoms with Crippen LogP contribution in [0.4, 0.5) is 4.79 Å². The molecule has 23 heavy (non-hydrogen) atoms. The van der Waals surface area contributed by atoms with E-state index in [1.807, 2.05) is 0 Å². The van der Waals surface area contributed by atoms with E-state index in [0.717, 1.165) is 5.56 Å². The normalized spacial score (nSPS) is 10.7. The molecule has 0 aliphatic rings. The number of amides is 2. The van der Waals surface area contributed by atoms with Crippen LogP contribution < -0.4 is 20.1 Å². The van der Waals surface area contributed by atoms with Gasteiger partial charge in [-0.15, -0.1) is 0 Å². The van der Waals surface area contributed by atoms with E-state index in [0.29, 0.717) is 11.5 Å². The molecule has 1 aromatic rings. The Kier molecular flexibility index (Phi) is 6.68. The second-order valence-corrected chi connectivity index (χ2v) is 5.81. The minimum absolute atomic E-state index is 0.159.